The summed E-state index contributed by atoms with van der Waals surface area (Å²) in [6, 6.07) is 0. The minimum atomic E-state index is 0.0436. The van der Waals surface area contributed by atoms with Crippen LogP contribution in [0.1, 0.15) is 26.2 Å². The maximum Gasteiger partial charge on any atom is 0.0981 e. The van der Waals surface area contributed by atoms with Crippen molar-refractivity contribution >= 4 is 6.21 Å². The molecule has 26 heavy (non-hydrogen) atoms. The zero-order valence-electron chi connectivity index (χ0n) is 15.8. The van der Waals surface area contributed by atoms with Crippen LogP contribution in [0.3, 0.4) is 0 Å². The Balaban J connectivity index is 1.56. The third-order valence-corrected chi connectivity index (χ3v) is 5.95. The molecule has 1 aliphatic carbocycles. The number of ether oxygens (including phenoxy) is 2. The average molecular weight is 363 g/mol. The standard InChI is InChI=1S/C20H34N4O2/c1-14-2-4-15(5-3-14)19-8-16(11-24-20(19)22)17(9-21)10-23-12-18-13-25-6-7-26-18/h2,4,9-10,14-16,18-21,23-24H,3,5-8,11-13,22H2,1H3/b17-10+,21-9?/t14?,15-,16?,18+,19?,20?/m1/s1. The molecule has 6 nitrogen and oxygen atoms in total. The monoisotopic (exact) mass is 362 g/mol. The zero-order valence-corrected chi connectivity index (χ0v) is 15.8. The lowest BCUT2D eigenvalue weighted by Gasteiger charge is -2.40. The minimum absolute atomic E-state index is 0.0436. The molecule has 3 aliphatic rings. The van der Waals surface area contributed by atoms with Crippen LogP contribution in [-0.2, 0) is 9.47 Å². The van der Waals surface area contributed by atoms with E-state index in [4.69, 9.17) is 20.6 Å². The maximum atomic E-state index is 7.84. The van der Waals surface area contributed by atoms with E-state index in [2.05, 4.69) is 29.7 Å². The molecule has 3 rings (SSSR count). The summed E-state index contributed by atoms with van der Waals surface area (Å²) in [5.74, 6) is 1.98. The molecule has 2 aliphatic heterocycles. The maximum absolute atomic E-state index is 7.84. The summed E-state index contributed by atoms with van der Waals surface area (Å²) in [5, 5.41) is 14.6. The van der Waals surface area contributed by atoms with Crippen LogP contribution < -0.4 is 16.4 Å². The van der Waals surface area contributed by atoms with Crippen molar-refractivity contribution in [2.45, 2.75) is 38.5 Å². The summed E-state index contributed by atoms with van der Waals surface area (Å²) >= 11 is 0. The van der Waals surface area contributed by atoms with Crippen molar-refractivity contribution in [1.29, 1.82) is 5.41 Å². The summed E-state index contributed by atoms with van der Waals surface area (Å²) in [7, 11) is 0. The van der Waals surface area contributed by atoms with E-state index >= 15 is 0 Å². The van der Waals surface area contributed by atoms with Crippen LogP contribution in [-0.4, -0.2) is 51.4 Å². The van der Waals surface area contributed by atoms with E-state index in [0.29, 0.717) is 50.0 Å². The number of piperidine rings is 1. The number of nitrogens with two attached hydrogens (primary N) is 1. The Hall–Kier alpha value is -1.21. The number of hydrogen-bond donors (Lipinski definition) is 4. The molecule has 2 saturated heterocycles. The molecule has 0 aromatic heterocycles. The van der Waals surface area contributed by atoms with Gasteiger partial charge in [-0.1, -0.05) is 19.1 Å². The molecule has 6 heteroatoms. The molecule has 146 valence electrons. The number of hydrogen-bond acceptors (Lipinski definition) is 6. The smallest absolute Gasteiger partial charge is 0.0981 e. The molecule has 6 atom stereocenters. The fraction of sp³-hybridized carbons (Fsp3) is 0.750. The van der Waals surface area contributed by atoms with Crippen LogP contribution in [0.5, 0.6) is 0 Å². The van der Waals surface area contributed by atoms with Gasteiger partial charge in [-0.2, -0.15) is 0 Å². The molecule has 0 aromatic carbocycles. The first-order valence-electron chi connectivity index (χ1n) is 9.98. The lowest BCUT2D eigenvalue weighted by molar-refractivity contribution is -0.0854. The van der Waals surface area contributed by atoms with Crippen LogP contribution in [0.4, 0.5) is 0 Å². The fourth-order valence-corrected chi connectivity index (χ4v) is 4.26. The van der Waals surface area contributed by atoms with E-state index < -0.39 is 0 Å². The van der Waals surface area contributed by atoms with Crippen LogP contribution in [0.2, 0.25) is 0 Å². The third-order valence-electron chi connectivity index (χ3n) is 5.95. The summed E-state index contributed by atoms with van der Waals surface area (Å²) in [6.07, 6.45) is 11.8. The van der Waals surface area contributed by atoms with Crippen LogP contribution in [0.25, 0.3) is 0 Å². The molecule has 0 amide bonds. The highest BCUT2D eigenvalue weighted by atomic mass is 16.6. The molecule has 5 N–H and O–H groups in total. The van der Waals surface area contributed by atoms with E-state index in [1.54, 1.807) is 0 Å². The lowest BCUT2D eigenvalue weighted by atomic mass is 9.73. The van der Waals surface area contributed by atoms with E-state index in [9.17, 15) is 0 Å². The van der Waals surface area contributed by atoms with Crippen LogP contribution >= 0.6 is 0 Å². The SMILES string of the molecule is CC1C=C[C@@H](C2CC(/C(C=N)=C/NC[C@H]3COCCO3)CNC2N)CC1. The van der Waals surface area contributed by atoms with Gasteiger partial charge in [0.1, 0.15) is 0 Å². The highest BCUT2D eigenvalue weighted by Gasteiger charge is 2.34. The third kappa shape index (κ3) is 5.16. The lowest BCUT2D eigenvalue weighted by Crippen LogP contribution is -2.53. The summed E-state index contributed by atoms with van der Waals surface area (Å²) in [6.45, 7) is 5.79. The van der Waals surface area contributed by atoms with Crippen molar-refractivity contribution in [3.63, 3.8) is 0 Å². The number of nitrogens with one attached hydrogen (secondary N) is 3. The van der Waals surface area contributed by atoms with Crippen molar-refractivity contribution < 1.29 is 9.47 Å². The summed E-state index contributed by atoms with van der Waals surface area (Å²) < 4.78 is 11.1. The second-order valence-electron chi connectivity index (χ2n) is 7.90. The molecule has 2 fully saturated rings. The van der Waals surface area contributed by atoms with Gasteiger partial charge in [0.15, 0.2) is 0 Å². The number of allylic oxidation sites excluding steroid dienone is 2. The Morgan fingerprint density at radius 2 is 2.23 bits per heavy atom. The van der Waals surface area contributed by atoms with Crippen molar-refractivity contribution in [3.8, 4) is 0 Å². The second kappa shape index (κ2) is 9.65. The van der Waals surface area contributed by atoms with E-state index in [1.807, 2.05) is 6.20 Å². The molecule has 0 radical (unpaired) electrons. The van der Waals surface area contributed by atoms with Gasteiger partial charge in [-0.25, -0.2) is 0 Å². The predicted molar refractivity (Wildman–Crippen MR) is 104 cm³/mol. The van der Waals surface area contributed by atoms with Gasteiger partial charge in [0.25, 0.3) is 0 Å². The molecular formula is C20H34N4O2. The van der Waals surface area contributed by atoms with Crippen molar-refractivity contribution in [1.82, 2.24) is 10.6 Å². The van der Waals surface area contributed by atoms with Gasteiger partial charge >= 0.3 is 0 Å². The Labute approximate surface area is 157 Å². The van der Waals surface area contributed by atoms with Crippen molar-refractivity contribution in [2.24, 2.45) is 29.4 Å². The van der Waals surface area contributed by atoms with Gasteiger partial charge in [-0.3, -0.25) is 0 Å². The Morgan fingerprint density at radius 3 is 2.92 bits per heavy atom. The van der Waals surface area contributed by atoms with Gasteiger partial charge < -0.3 is 31.3 Å². The fourth-order valence-electron chi connectivity index (χ4n) is 4.26. The molecule has 4 unspecified atom stereocenters. The van der Waals surface area contributed by atoms with Crippen LogP contribution in [0, 0.1) is 29.1 Å². The topological polar surface area (TPSA) is 92.4 Å². The molecule has 0 saturated carbocycles. The summed E-state index contributed by atoms with van der Waals surface area (Å²) in [4.78, 5) is 0. The highest BCUT2D eigenvalue weighted by molar-refractivity contribution is 5.76. The Bertz CT molecular complexity index is 516. The largest absolute Gasteiger partial charge is 0.388 e. The first kappa shape index (κ1) is 19.5. The minimum Gasteiger partial charge on any atom is -0.388 e. The van der Waals surface area contributed by atoms with Gasteiger partial charge in [0.05, 0.1) is 32.1 Å². The van der Waals surface area contributed by atoms with Gasteiger partial charge in [0, 0.05) is 25.5 Å². The van der Waals surface area contributed by atoms with Gasteiger partial charge in [-0.05, 0) is 48.5 Å². The zero-order chi connectivity index (χ0) is 18.4. The van der Waals surface area contributed by atoms with Crippen molar-refractivity contribution in [2.75, 3.05) is 32.9 Å². The van der Waals surface area contributed by atoms with Gasteiger partial charge in [0.2, 0.25) is 0 Å². The molecule has 2 heterocycles. The predicted octanol–water partition coefficient (Wildman–Crippen LogP) is 1.64. The quantitative estimate of drug-likeness (QED) is 0.426. The molecular weight excluding hydrogens is 328 g/mol. The van der Waals surface area contributed by atoms with E-state index in [0.717, 1.165) is 18.5 Å². The second-order valence-corrected chi connectivity index (χ2v) is 7.90. The Morgan fingerprint density at radius 1 is 1.35 bits per heavy atom. The molecule has 0 spiro atoms. The summed E-state index contributed by atoms with van der Waals surface area (Å²) in [5.41, 5.74) is 7.41. The normalized spacial score (nSPS) is 38.8. The number of rotatable bonds is 6. The highest BCUT2D eigenvalue weighted by Crippen LogP contribution is 2.35. The van der Waals surface area contributed by atoms with Gasteiger partial charge in [-0.15, -0.1) is 0 Å². The first-order valence-corrected chi connectivity index (χ1v) is 9.98. The molecule has 0 aromatic rings. The van der Waals surface area contributed by atoms with E-state index in [1.165, 1.54) is 19.1 Å². The first-order chi connectivity index (χ1) is 12.7. The molecule has 0 bridgehead atoms. The average Bonchev–Trinajstić information content (AvgIpc) is 2.68. The Kier molecular flexibility index (Phi) is 7.25. The van der Waals surface area contributed by atoms with Crippen LogP contribution in [0.15, 0.2) is 23.9 Å². The van der Waals surface area contributed by atoms with E-state index in [-0.39, 0.29) is 12.3 Å². The van der Waals surface area contributed by atoms with Crippen molar-refractivity contribution in [3.05, 3.63) is 23.9 Å².